The lowest BCUT2D eigenvalue weighted by Gasteiger charge is -2.21. The Morgan fingerprint density at radius 1 is 1.21 bits per heavy atom. The first-order chi connectivity index (χ1) is 11.1. The quantitative estimate of drug-likeness (QED) is 0.428. The lowest BCUT2D eigenvalue weighted by atomic mass is 9.98. The van der Waals surface area contributed by atoms with Gasteiger partial charge in [0.05, 0.1) is 31.5 Å². The van der Waals surface area contributed by atoms with E-state index in [9.17, 15) is 23.9 Å². The molecule has 12 nitrogen and oxygen atoms in total. The van der Waals surface area contributed by atoms with Crippen molar-refractivity contribution < 1.29 is 55.7 Å². The van der Waals surface area contributed by atoms with Crippen LogP contribution in [0.5, 0.6) is 0 Å². The Kier molecular flexibility index (Phi) is 8.69. The highest BCUT2D eigenvalue weighted by Gasteiger charge is 2.43. The molecule has 144 valence electrons. The number of hydrogen-bond donors (Lipinski definition) is 3. The van der Waals surface area contributed by atoms with Crippen molar-refractivity contribution in [2.75, 3.05) is 27.4 Å². The van der Waals surface area contributed by atoms with Crippen LogP contribution in [0.15, 0.2) is 0 Å². The molecule has 0 aromatic heterocycles. The summed E-state index contributed by atoms with van der Waals surface area (Å²) in [5, 5.41) is 19.1. The molecule has 0 spiro atoms. The highest BCUT2D eigenvalue weighted by atomic mass is 31.3. The Bertz CT molecular complexity index is 526. The number of aliphatic hydroxyl groups is 2. The van der Waals surface area contributed by atoms with E-state index in [2.05, 4.69) is 17.7 Å². The molecule has 1 rings (SSSR count). The van der Waals surface area contributed by atoms with E-state index in [1.54, 1.807) is 6.92 Å². The van der Waals surface area contributed by atoms with Gasteiger partial charge in [-0.3, -0.25) is 18.1 Å². The third kappa shape index (κ3) is 6.25. The summed E-state index contributed by atoms with van der Waals surface area (Å²) in [6, 6.07) is 0. The first-order valence-corrected chi connectivity index (χ1v) is 10.8. The van der Waals surface area contributed by atoms with Crippen LogP contribution >= 0.6 is 23.9 Å². The standard InChI is InChI=1S/C9H21O12P3/c1-6-9(11)7(4-10)8(19-6)5-18-24(15,17-3)21-22(12)20-23(13,14)16-2/h6-11,22H,4-5H2,1-3H3,(H,13,14)/t6-,7+,8+,9-,24?/m0/s1. The van der Waals surface area contributed by atoms with Crippen molar-refractivity contribution in [3.63, 3.8) is 0 Å². The van der Waals surface area contributed by atoms with Crippen molar-refractivity contribution in [2.45, 2.75) is 25.2 Å². The molecule has 1 aliphatic heterocycles. The first-order valence-electron chi connectivity index (χ1n) is 6.64. The summed E-state index contributed by atoms with van der Waals surface area (Å²) in [5.41, 5.74) is 0. The fourth-order valence-corrected chi connectivity index (χ4v) is 5.09. The molecule has 3 unspecified atom stereocenters. The van der Waals surface area contributed by atoms with E-state index in [-0.39, 0.29) is 0 Å². The lowest BCUT2D eigenvalue weighted by Crippen LogP contribution is -2.31. The molecular weight excluding hydrogens is 393 g/mol. The van der Waals surface area contributed by atoms with Crippen LogP contribution in [-0.4, -0.2) is 60.9 Å². The summed E-state index contributed by atoms with van der Waals surface area (Å²) >= 11 is 0. The molecule has 1 aliphatic rings. The maximum atomic E-state index is 12.2. The van der Waals surface area contributed by atoms with Crippen molar-refractivity contribution in [1.82, 2.24) is 0 Å². The normalized spacial score (nSPS) is 33.8. The molecule has 0 radical (unpaired) electrons. The van der Waals surface area contributed by atoms with E-state index in [1.165, 1.54) is 0 Å². The van der Waals surface area contributed by atoms with E-state index in [4.69, 9.17) is 14.2 Å². The van der Waals surface area contributed by atoms with E-state index < -0.39 is 61.3 Å². The summed E-state index contributed by atoms with van der Waals surface area (Å²) in [6.45, 7) is 0.753. The first kappa shape index (κ1) is 22.4. The predicted molar refractivity (Wildman–Crippen MR) is 79.5 cm³/mol. The summed E-state index contributed by atoms with van der Waals surface area (Å²) in [6.07, 6.45) is -2.35. The molecule has 1 fully saturated rings. The second-order valence-corrected chi connectivity index (χ2v) is 9.51. The Morgan fingerprint density at radius 2 is 1.83 bits per heavy atom. The third-order valence-corrected chi connectivity index (χ3v) is 7.61. The van der Waals surface area contributed by atoms with Crippen molar-refractivity contribution >= 4 is 23.9 Å². The van der Waals surface area contributed by atoms with Gasteiger partial charge in [0.1, 0.15) is 0 Å². The highest BCUT2D eigenvalue weighted by Crippen LogP contribution is 2.61. The lowest BCUT2D eigenvalue weighted by molar-refractivity contribution is -0.00591. The highest BCUT2D eigenvalue weighted by molar-refractivity contribution is 7.61. The molecule has 15 heteroatoms. The fraction of sp³-hybridized carbons (Fsp3) is 1.00. The van der Waals surface area contributed by atoms with Crippen LogP contribution in [0.4, 0.5) is 0 Å². The number of ether oxygens (including phenoxy) is 1. The molecule has 7 atom stereocenters. The van der Waals surface area contributed by atoms with Gasteiger partial charge in [0.2, 0.25) is 0 Å². The van der Waals surface area contributed by atoms with Gasteiger partial charge in [-0.05, 0) is 6.92 Å². The van der Waals surface area contributed by atoms with Gasteiger partial charge in [-0.15, -0.1) is 0 Å². The topological polar surface area (TPSA) is 167 Å². The number of hydrogen-bond acceptors (Lipinski definition) is 11. The summed E-state index contributed by atoms with van der Waals surface area (Å²) in [4.78, 5) is 9.00. The second kappa shape index (κ2) is 9.32. The molecule has 3 N–H and O–H groups in total. The molecule has 0 bridgehead atoms. The molecule has 0 aliphatic carbocycles. The zero-order chi connectivity index (χ0) is 18.5. The Hall–Kier alpha value is 0.330. The van der Waals surface area contributed by atoms with Crippen LogP contribution in [0.1, 0.15) is 6.92 Å². The van der Waals surface area contributed by atoms with Gasteiger partial charge in [-0.2, -0.15) is 0 Å². The Balaban J connectivity index is 2.64. The molecule has 1 saturated heterocycles. The predicted octanol–water partition coefficient (Wildman–Crippen LogP) is 0.684. The van der Waals surface area contributed by atoms with E-state index in [0.29, 0.717) is 0 Å². The minimum absolute atomic E-state index is 0.404. The summed E-state index contributed by atoms with van der Waals surface area (Å²) in [7, 11) is -11.0. The van der Waals surface area contributed by atoms with Crippen LogP contribution in [0.3, 0.4) is 0 Å². The third-order valence-electron chi connectivity index (χ3n) is 3.22. The Labute approximate surface area is 139 Å². The van der Waals surface area contributed by atoms with Crippen LogP contribution in [0.2, 0.25) is 0 Å². The minimum atomic E-state index is -4.61. The SMILES string of the molecule is COP(=O)(O)O[PH](=O)OP(=O)(OC)OC[C@H]1O[C@@H](C)[C@H](O)[C@@H]1CO. The second-order valence-electron chi connectivity index (χ2n) is 4.73. The fourth-order valence-electron chi connectivity index (χ4n) is 1.93. The van der Waals surface area contributed by atoms with Gasteiger partial charge in [0.15, 0.2) is 0 Å². The van der Waals surface area contributed by atoms with Gasteiger partial charge >= 0.3 is 23.9 Å². The number of phosphoric ester groups is 2. The van der Waals surface area contributed by atoms with Crippen LogP contribution in [0, 0.1) is 5.92 Å². The molecule has 0 amide bonds. The van der Waals surface area contributed by atoms with Crippen molar-refractivity contribution in [3.05, 3.63) is 0 Å². The molecular formula is C9H21O12P3. The monoisotopic (exact) mass is 414 g/mol. The summed E-state index contributed by atoms with van der Waals surface area (Å²) < 4.78 is 62.1. The number of phosphoric acid groups is 2. The molecule has 0 saturated carbocycles. The van der Waals surface area contributed by atoms with Gasteiger partial charge in [0, 0.05) is 20.1 Å². The smallest absolute Gasteiger partial charge is 0.396 e. The molecule has 24 heavy (non-hydrogen) atoms. The molecule has 0 aromatic rings. The van der Waals surface area contributed by atoms with Crippen LogP contribution < -0.4 is 0 Å². The minimum Gasteiger partial charge on any atom is -0.396 e. The zero-order valence-electron chi connectivity index (χ0n) is 13.1. The average molecular weight is 414 g/mol. The van der Waals surface area contributed by atoms with Gasteiger partial charge in [-0.25, -0.2) is 17.8 Å². The van der Waals surface area contributed by atoms with Gasteiger partial charge in [0.25, 0.3) is 0 Å². The van der Waals surface area contributed by atoms with Crippen molar-refractivity contribution in [2.24, 2.45) is 5.92 Å². The van der Waals surface area contributed by atoms with Crippen molar-refractivity contribution in [3.8, 4) is 0 Å². The van der Waals surface area contributed by atoms with Crippen LogP contribution in [0.25, 0.3) is 0 Å². The Morgan fingerprint density at radius 3 is 2.33 bits per heavy atom. The van der Waals surface area contributed by atoms with Crippen molar-refractivity contribution in [1.29, 1.82) is 0 Å². The van der Waals surface area contributed by atoms with Gasteiger partial charge < -0.3 is 19.8 Å². The number of rotatable bonds is 10. The van der Waals surface area contributed by atoms with Gasteiger partial charge in [-0.1, -0.05) is 0 Å². The van der Waals surface area contributed by atoms with E-state index >= 15 is 0 Å². The molecule has 1 heterocycles. The van der Waals surface area contributed by atoms with Crippen LogP contribution in [-0.2, 0) is 40.6 Å². The zero-order valence-corrected chi connectivity index (χ0v) is 15.9. The summed E-state index contributed by atoms with van der Waals surface area (Å²) in [5.74, 6) is -0.690. The average Bonchev–Trinajstić information content (AvgIpc) is 2.79. The number of aliphatic hydroxyl groups excluding tert-OH is 2. The molecule has 0 aromatic carbocycles. The maximum Gasteiger partial charge on any atom is 0.481 e. The maximum absolute atomic E-state index is 12.2. The largest absolute Gasteiger partial charge is 0.481 e. The van der Waals surface area contributed by atoms with E-state index in [0.717, 1.165) is 14.2 Å². The van der Waals surface area contributed by atoms with E-state index in [1.807, 2.05) is 0 Å².